The fourth-order valence-electron chi connectivity index (χ4n) is 1.97. The molecule has 1 aliphatic heterocycles. The van der Waals surface area contributed by atoms with Gasteiger partial charge in [0.2, 0.25) is 10.0 Å². The number of nitrogens with one attached hydrogen (secondary N) is 1. The molecule has 0 unspecified atom stereocenters. The molecule has 1 aromatic carbocycles. The standard InChI is InChI=1S/C12H12N2O6S/c1-21(19,20)13-4-5-14-10(15)8-3-2-7(12(17)18)6-9(8)11(14)16/h2-3,6,13H,4-5H2,1H3,(H,17,18). The smallest absolute Gasteiger partial charge is 0.335 e. The second-order valence-electron chi connectivity index (χ2n) is 4.49. The topological polar surface area (TPSA) is 121 Å². The van der Waals surface area contributed by atoms with Gasteiger partial charge >= 0.3 is 5.97 Å². The molecule has 2 amide bonds. The first kappa shape index (κ1) is 15.1. The number of fused-ring (bicyclic) bond motifs is 1. The Bertz CT molecular complexity index is 740. The molecule has 112 valence electrons. The van der Waals surface area contributed by atoms with E-state index in [9.17, 15) is 22.8 Å². The van der Waals surface area contributed by atoms with Gasteiger partial charge in [0.05, 0.1) is 22.9 Å². The van der Waals surface area contributed by atoms with E-state index in [0.717, 1.165) is 17.2 Å². The van der Waals surface area contributed by atoms with Crippen LogP contribution in [0.1, 0.15) is 31.1 Å². The number of carbonyl (C=O) groups is 3. The van der Waals surface area contributed by atoms with Crippen LogP contribution in [0.5, 0.6) is 0 Å². The van der Waals surface area contributed by atoms with Gasteiger partial charge in [-0.05, 0) is 18.2 Å². The number of rotatable bonds is 5. The molecular weight excluding hydrogens is 300 g/mol. The quantitative estimate of drug-likeness (QED) is 0.709. The van der Waals surface area contributed by atoms with Gasteiger partial charge in [0, 0.05) is 13.1 Å². The van der Waals surface area contributed by atoms with Gasteiger partial charge in [-0.1, -0.05) is 0 Å². The molecule has 0 fully saturated rings. The van der Waals surface area contributed by atoms with Crippen molar-refractivity contribution < 1.29 is 27.9 Å². The summed E-state index contributed by atoms with van der Waals surface area (Å²) in [5.41, 5.74) is 0.0367. The second kappa shape index (κ2) is 5.26. The molecule has 0 aromatic heterocycles. The third kappa shape index (κ3) is 3.09. The number of sulfonamides is 1. The molecule has 0 aliphatic carbocycles. The number of amides is 2. The van der Waals surface area contributed by atoms with Crippen molar-refractivity contribution in [3.63, 3.8) is 0 Å². The van der Waals surface area contributed by atoms with Gasteiger partial charge in [0.1, 0.15) is 0 Å². The Morgan fingerprint density at radius 1 is 1.24 bits per heavy atom. The number of carboxylic acid groups (broad SMARTS) is 1. The number of benzene rings is 1. The average molecular weight is 312 g/mol. The van der Waals surface area contributed by atoms with Crippen LogP contribution in [0.25, 0.3) is 0 Å². The van der Waals surface area contributed by atoms with Crippen molar-refractivity contribution in [1.29, 1.82) is 0 Å². The number of aromatic carboxylic acids is 1. The Hall–Kier alpha value is -2.26. The summed E-state index contributed by atoms with van der Waals surface area (Å²) >= 11 is 0. The van der Waals surface area contributed by atoms with Crippen LogP contribution in [0.3, 0.4) is 0 Å². The van der Waals surface area contributed by atoms with E-state index in [1.807, 2.05) is 0 Å². The largest absolute Gasteiger partial charge is 0.478 e. The van der Waals surface area contributed by atoms with Gasteiger partial charge < -0.3 is 5.11 Å². The Morgan fingerprint density at radius 3 is 2.43 bits per heavy atom. The summed E-state index contributed by atoms with van der Waals surface area (Å²) in [6.07, 6.45) is 0.967. The molecule has 0 saturated heterocycles. The third-order valence-corrected chi connectivity index (χ3v) is 3.65. The molecule has 1 aliphatic rings. The maximum atomic E-state index is 12.1. The van der Waals surface area contributed by atoms with Crippen LogP contribution < -0.4 is 4.72 Å². The number of hydrogen-bond acceptors (Lipinski definition) is 5. The van der Waals surface area contributed by atoms with Crippen LogP contribution in [-0.2, 0) is 10.0 Å². The molecule has 8 nitrogen and oxygen atoms in total. The van der Waals surface area contributed by atoms with Crippen LogP contribution in [0.15, 0.2) is 18.2 Å². The summed E-state index contributed by atoms with van der Waals surface area (Å²) < 4.78 is 24.1. The fourth-order valence-corrected chi connectivity index (χ4v) is 2.43. The van der Waals surface area contributed by atoms with E-state index in [1.54, 1.807) is 0 Å². The summed E-state index contributed by atoms with van der Waals surface area (Å²) in [6.45, 7) is -0.224. The lowest BCUT2D eigenvalue weighted by molar-refractivity contribution is 0.0655. The van der Waals surface area contributed by atoms with Crippen LogP contribution in [0.2, 0.25) is 0 Å². The van der Waals surface area contributed by atoms with Crippen molar-refractivity contribution in [2.75, 3.05) is 19.3 Å². The summed E-state index contributed by atoms with van der Waals surface area (Å²) in [4.78, 5) is 35.8. The fraction of sp³-hybridized carbons (Fsp3) is 0.250. The minimum atomic E-state index is -3.41. The normalized spacial score (nSPS) is 14.4. The van der Waals surface area contributed by atoms with E-state index in [0.29, 0.717) is 0 Å². The molecule has 0 bridgehead atoms. The van der Waals surface area contributed by atoms with Gasteiger partial charge in [-0.3, -0.25) is 14.5 Å². The lowest BCUT2D eigenvalue weighted by atomic mass is 10.1. The summed E-state index contributed by atoms with van der Waals surface area (Å²) in [5.74, 6) is -2.40. The Morgan fingerprint density at radius 2 is 1.86 bits per heavy atom. The van der Waals surface area contributed by atoms with Crippen LogP contribution in [0.4, 0.5) is 0 Å². The van der Waals surface area contributed by atoms with Gasteiger partial charge in [-0.15, -0.1) is 0 Å². The lowest BCUT2D eigenvalue weighted by Crippen LogP contribution is -2.37. The van der Waals surface area contributed by atoms with Gasteiger partial charge in [-0.25, -0.2) is 17.9 Å². The number of nitrogens with zero attached hydrogens (tertiary/aromatic N) is 1. The predicted octanol–water partition coefficient (Wildman–Crippen LogP) is -0.470. The number of hydrogen-bond donors (Lipinski definition) is 2. The first-order chi connectivity index (χ1) is 9.70. The third-order valence-electron chi connectivity index (χ3n) is 2.92. The number of carbonyl (C=O) groups excluding carboxylic acids is 2. The minimum Gasteiger partial charge on any atom is -0.478 e. The second-order valence-corrected chi connectivity index (χ2v) is 6.33. The Balaban J connectivity index is 2.20. The highest BCUT2D eigenvalue weighted by Crippen LogP contribution is 2.23. The summed E-state index contributed by atoms with van der Waals surface area (Å²) in [5, 5.41) is 8.88. The predicted molar refractivity (Wildman–Crippen MR) is 71.6 cm³/mol. The number of imide groups is 1. The summed E-state index contributed by atoms with van der Waals surface area (Å²) in [7, 11) is -3.41. The van der Waals surface area contributed by atoms with E-state index in [-0.39, 0.29) is 29.8 Å². The van der Waals surface area contributed by atoms with E-state index in [2.05, 4.69) is 4.72 Å². The Labute approximate surface area is 120 Å². The zero-order chi connectivity index (χ0) is 15.8. The van der Waals surface area contributed by atoms with Crippen molar-refractivity contribution in [2.45, 2.75) is 0 Å². The Kier molecular flexibility index (Phi) is 3.79. The summed E-state index contributed by atoms with van der Waals surface area (Å²) in [6, 6.07) is 3.66. The molecule has 0 spiro atoms. The van der Waals surface area contributed by atoms with Crippen LogP contribution in [-0.4, -0.2) is 55.6 Å². The van der Waals surface area contributed by atoms with E-state index < -0.39 is 27.8 Å². The molecule has 0 radical (unpaired) electrons. The van der Waals surface area contributed by atoms with E-state index >= 15 is 0 Å². The van der Waals surface area contributed by atoms with Crippen molar-refractivity contribution in [1.82, 2.24) is 9.62 Å². The van der Waals surface area contributed by atoms with Gasteiger partial charge in [-0.2, -0.15) is 0 Å². The van der Waals surface area contributed by atoms with Crippen molar-refractivity contribution in [2.24, 2.45) is 0 Å². The zero-order valence-electron chi connectivity index (χ0n) is 11.0. The minimum absolute atomic E-state index is 0.0132. The number of carboxylic acids is 1. The highest BCUT2D eigenvalue weighted by atomic mass is 32.2. The van der Waals surface area contributed by atoms with Crippen LogP contribution >= 0.6 is 0 Å². The molecule has 2 N–H and O–H groups in total. The molecule has 1 aromatic rings. The molecule has 2 rings (SSSR count). The highest BCUT2D eigenvalue weighted by Gasteiger charge is 2.35. The molecule has 9 heteroatoms. The lowest BCUT2D eigenvalue weighted by Gasteiger charge is -2.13. The first-order valence-corrected chi connectivity index (χ1v) is 7.78. The van der Waals surface area contributed by atoms with Crippen molar-refractivity contribution in [3.05, 3.63) is 34.9 Å². The highest BCUT2D eigenvalue weighted by molar-refractivity contribution is 7.88. The van der Waals surface area contributed by atoms with Crippen molar-refractivity contribution in [3.8, 4) is 0 Å². The maximum Gasteiger partial charge on any atom is 0.335 e. The van der Waals surface area contributed by atoms with Gasteiger partial charge in [0.25, 0.3) is 11.8 Å². The van der Waals surface area contributed by atoms with E-state index in [4.69, 9.17) is 5.11 Å². The molecule has 21 heavy (non-hydrogen) atoms. The van der Waals surface area contributed by atoms with E-state index in [1.165, 1.54) is 12.1 Å². The molecule has 1 heterocycles. The SMILES string of the molecule is CS(=O)(=O)NCCN1C(=O)c2ccc(C(=O)O)cc2C1=O. The molecule has 0 saturated carbocycles. The monoisotopic (exact) mass is 312 g/mol. The maximum absolute atomic E-state index is 12.1. The molecular formula is C12H12N2O6S. The average Bonchev–Trinajstić information content (AvgIpc) is 2.62. The van der Waals surface area contributed by atoms with Crippen molar-refractivity contribution >= 4 is 27.8 Å². The van der Waals surface area contributed by atoms with Crippen LogP contribution in [0, 0.1) is 0 Å². The molecule has 0 atom stereocenters. The van der Waals surface area contributed by atoms with Gasteiger partial charge in [0.15, 0.2) is 0 Å². The zero-order valence-corrected chi connectivity index (χ0v) is 11.8. The first-order valence-electron chi connectivity index (χ1n) is 5.89.